The lowest BCUT2D eigenvalue weighted by molar-refractivity contribution is -0.135. The van der Waals surface area contributed by atoms with Crippen LogP contribution in [0.4, 0.5) is 0 Å². The molecule has 0 atom stereocenters. The van der Waals surface area contributed by atoms with E-state index in [2.05, 4.69) is 10.6 Å². The van der Waals surface area contributed by atoms with Gasteiger partial charge in [-0.15, -0.1) is 0 Å². The maximum atomic E-state index is 11.4. The first-order valence-corrected chi connectivity index (χ1v) is 5.26. The zero-order chi connectivity index (χ0) is 11.9. The molecule has 0 saturated heterocycles. The van der Waals surface area contributed by atoms with E-state index in [1.165, 1.54) is 4.68 Å². The van der Waals surface area contributed by atoms with Gasteiger partial charge in [-0.3, -0.25) is 14.3 Å². The van der Waals surface area contributed by atoms with Gasteiger partial charge in [0.1, 0.15) is 6.54 Å². The molecule has 1 heterocycles. The maximum absolute atomic E-state index is 11.4. The molecule has 0 unspecified atom stereocenters. The molecule has 5 heteroatoms. The number of carbonyl (C=O) groups is 1. The van der Waals surface area contributed by atoms with Crippen LogP contribution < -0.4 is 5.48 Å². The van der Waals surface area contributed by atoms with E-state index in [4.69, 9.17) is 4.84 Å². The predicted octanol–water partition coefficient (Wildman–Crippen LogP) is 1.13. The Hall–Kier alpha value is -2.14. The Morgan fingerprint density at radius 3 is 2.82 bits per heavy atom. The van der Waals surface area contributed by atoms with Gasteiger partial charge in [-0.25, -0.2) is 5.48 Å². The fourth-order valence-electron chi connectivity index (χ4n) is 1.35. The number of amides is 1. The second-order valence-corrected chi connectivity index (χ2v) is 3.50. The third kappa shape index (κ3) is 3.73. The van der Waals surface area contributed by atoms with E-state index in [9.17, 15) is 4.79 Å². The van der Waals surface area contributed by atoms with Gasteiger partial charge >= 0.3 is 0 Å². The molecule has 0 saturated carbocycles. The highest BCUT2D eigenvalue weighted by atomic mass is 16.6. The Bertz CT molecular complexity index is 454. The van der Waals surface area contributed by atoms with Crippen molar-refractivity contribution < 1.29 is 9.63 Å². The fraction of sp³-hybridized carbons (Fsp3) is 0.167. The van der Waals surface area contributed by atoms with Crippen molar-refractivity contribution in [3.63, 3.8) is 0 Å². The summed E-state index contributed by atoms with van der Waals surface area (Å²) < 4.78 is 1.53. The van der Waals surface area contributed by atoms with Crippen molar-refractivity contribution in [2.24, 2.45) is 0 Å². The lowest BCUT2D eigenvalue weighted by atomic mass is 10.2. The van der Waals surface area contributed by atoms with Gasteiger partial charge < -0.3 is 0 Å². The van der Waals surface area contributed by atoms with Gasteiger partial charge in [-0.1, -0.05) is 30.3 Å². The molecule has 1 aromatic carbocycles. The summed E-state index contributed by atoms with van der Waals surface area (Å²) in [5.74, 6) is -0.232. The molecule has 1 amide bonds. The predicted molar refractivity (Wildman–Crippen MR) is 61.6 cm³/mol. The molecule has 88 valence electrons. The molecule has 1 N–H and O–H groups in total. The average Bonchev–Trinajstić information content (AvgIpc) is 2.83. The number of benzene rings is 1. The van der Waals surface area contributed by atoms with Crippen LogP contribution >= 0.6 is 0 Å². The van der Waals surface area contributed by atoms with Crippen LogP contribution in [0.25, 0.3) is 0 Å². The van der Waals surface area contributed by atoms with E-state index in [0.29, 0.717) is 6.61 Å². The van der Waals surface area contributed by atoms with Gasteiger partial charge in [0.2, 0.25) is 0 Å². The van der Waals surface area contributed by atoms with E-state index in [1.54, 1.807) is 18.5 Å². The van der Waals surface area contributed by atoms with Gasteiger partial charge in [-0.05, 0) is 11.6 Å². The summed E-state index contributed by atoms with van der Waals surface area (Å²) in [5.41, 5.74) is 3.38. The molecule has 0 aliphatic heterocycles. The van der Waals surface area contributed by atoms with Gasteiger partial charge in [0, 0.05) is 12.4 Å². The van der Waals surface area contributed by atoms with Crippen LogP contribution in [-0.4, -0.2) is 15.7 Å². The SMILES string of the molecule is O=C(Cn1cccn1)NOCc1ccccc1. The molecule has 5 nitrogen and oxygen atoms in total. The molecule has 2 rings (SSSR count). The zero-order valence-electron chi connectivity index (χ0n) is 9.24. The summed E-state index contributed by atoms with van der Waals surface area (Å²) in [7, 11) is 0. The highest BCUT2D eigenvalue weighted by Crippen LogP contribution is 1.98. The van der Waals surface area contributed by atoms with Crippen molar-refractivity contribution in [2.75, 3.05) is 0 Å². The van der Waals surface area contributed by atoms with E-state index < -0.39 is 0 Å². The summed E-state index contributed by atoms with van der Waals surface area (Å²) in [6.07, 6.45) is 3.34. The van der Waals surface area contributed by atoms with Crippen LogP contribution in [0.3, 0.4) is 0 Å². The normalized spacial score (nSPS) is 10.1. The first kappa shape index (κ1) is 11.3. The topological polar surface area (TPSA) is 56.2 Å². The second-order valence-electron chi connectivity index (χ2n) is 3.50. The van der Waals surface area contributed by atoms with Gasteiger partial charge in [0.05, 0.1) is 6.61 Å². The number of rotatable bonds is 5. The summed E-state index contributed by atoms with van der Waals surface area (Å²) in [5, 5.41) is 3.92. The van der Waals surface area contributed by atoms with E-state index in [1.807, 2.05) is 30.3 Å². The highest BCUT2D eigenvalue weighted by Gasteiger charge is 2.02. The molecule has 0 aliphatic rings. The minimum absolute atomic E-state index is 0.155. The minimum atomic E-state index is -0.232. The quantitative estimate of drug-likeness (QED) is 0.785. The Labute approximate surface area is 99.0 Å². The Morgan fingerprint density at radius 1 is 1.29 bits per heavy atom. The molecule has 0 bridgehead atoms. The van der Waals surface area contributed by atoms with Crippen LogP contribution in [0.5, 0.6) is 0 Å². The molecular formula is C12H13N3O2. The number of aromatic nitrogens is 2. The number of nitrogens with zero attached hydrogens (tertiary/aromatic N) is 2. The largest absolute Gasteiger partial charge is 0.271 e. The van der Waals surface area contributed by atoms with Crippen molar-refractivity contribution in [1.82, 2.24) is 15.3 Å². The van der Waals surface area contributed by atoms with Gasteiger partial charge in [-0.2, -0.15) is 5.10 Å². The lowest BCUT2D eigenvalue weighted by Gasteiger charge is -2.05. The standard InChI is InChI=1S/C12H13N3O2/c16-12(9-15-8-4-7-13-15)14-17-10-11-5-2-1-3-6-11/h1-8H,9-10H2,(H,14,16). The van der Waals surface area contributed by atoms with Crippen molar-refractivity contribution in [2.45, 2.75) is 13.2 Å². The van der Waals surface area contributed by atoms with Crippen LogP contribution in [0, 0.1) is 0 Å². The molecule has 1 aromatic heterocycles. The third-order valence-electron chi connectivity index (χ3n) is 2.13. The number of nitrogens with one attached hydrogen (secondary N) is 1. The van der Waals surface area contributed by atoms with Crippen LogP contribution in [0.15, 0.2) is 48.8 Å². The maximum Gasteiger partial charge on any atom is 0.265 e. The lowest BCUT2D eigenvalue weighted by Crippen LogP contribution is -2.27. The van der Waals surface area contributed by atoms with Crippen LogP contribution in [0.1, 0.15) is 5.56 Å². The highest BCUT2D eigenvalue weighted by molar-refractivity contribution is 5.74. The molecule has 2 aromatic rings. The molecule has 0 spiro atoms. The van der Waals surface area contributed by atoms with Crippen molar-refractivity contribution in [3.8, 4) is 0 Å². The second kappa shape index (κ2) is 5.81. The van der Waals surface area contributed by atoms with Crippen molar-refractivity contribution >= 4 is 5.91 Å². The average molecular weight is 231 g/mol. The zero-order valence-corrected chi connectivity index (χ0v) is 9.24. The van der Waals surface area contributed by atoms with Gasteiger partial charge in [0.15, 0.2) is 0 Å². The van der Waals surface area contributed by atoms with E-state index in [-0.39, 0.29) is 12.5 Å². The van der Waals surface area contributed by atoms with Crippen molar-refractivity contribution in [3.05, 3.63) is 54.4 Å². The minimum Gasteiger partial charge on any atom is -0.271 e. The monoisotopic (exact) mass is 231 g/mol. The summed E-state index contributed by atoms with van der Waals surface area (Å²) in [6, 6.07) is 11.4. The van der Waals surface area contributed by atoms with E-state index in [0.717, 1.165) is 5.56 Å². The van der Waals surface area contributed by atoms with Gasteiger partial charge in [0.25, 0.3) is 5.91 Å². The first-order chi connectivity index (χ1) is 8.34. The molecule has 17 heavy (non-hydrogen) atoms. The third-order valence-corrected chi connectivity index (χ3v) is 2.13. The van der Waals surface area contributed by atoms with E-state index >= 15 is 0 Å². The number of hydroxylamine groups is 1. The smallest absolute Gasteiger partial charge is 0.265 e. The summed E-state index contributed by atoms with van der Waals surface area (Å²) >= 11 is 0. The molecule has 0 radical (unpaired) electrons. The van der Waals surface area contributed by atoms with Crippen LogP contribution in [0.2, 0.25) is 0 Å². The summed E-state index contributed by atoms with van der Waals surface area (Å²) in [4.78, 5) is 16.5. The number of hydrogen-bond donors (Lipinski definition) is 1. The Balaban J connectivity index is 1.70. The molecular weight excluding hydrogens is 218 g/mol. The first-order valence-electron chi connectivity index (χ1n) is 5.26. The van der Waals surface area contributed by atoms with Crippen molar-refractivity contribution in [1.29, 1.82) is 0 Å². The van der Waals surface area contributed by atoms with Crippen LogP contribution in [-0.2, 0) is 22.8 Å². The Kier molecular flexibility index (Phi) is 3.88. The molecule has 0 fully saturated rings. The number of hydrogen-bond acceptors (Lipinski definition) is 3. The number of carbonyl (C=O) groups excluding carboxylic acids is 1. The summed E-state index contributed by atoms with van der Waals surface area (Å²) in [6.45, 7) is 0.507. The fourth-order valence-corrected chi connectivity index (χ4v) is 1.35. The Morgan fingerprint density at radius 2 is 2.12 bits per heavy atom. The molecule has 0 aliphatic carbocycles.